The van der Waals surface area contributed by atoms with E-state index in [2.05, 4.69) is 4.98 Å². The van der Waals surface area contributed by atoms with Crippen LogP contribution >= 0.6 is 0 Å². The lowest BCUT2D eigenvalue weighted by molar-refractivity contribution is 0.473. The van der Waals surface area contributed by atoms with Crippen molar-refractivity contribution in [2.45, 2.75) is 6.92 Å². The molecule has 0 amide bonds. The second kappa shape index (κ2) is 4.61. The zero-order valence-corrected chi connectivity index (χ0v) is 10.5. The van der Waals surface area contributed by atoms with Crippen LogP contribution < -0.4 is 0 Å². The van der Waals surface area contributed by atoms with Gasteiger partial charge < -0.3 is 9.52 Å². The Hall–Kier alpha value is -2.55. The average molecular weight is 251 g/mol. The van der Waals surface area contributed by atoms with E-state index in [-0.39, 0.29) is 5.75 Å². The van der Waals surface area contributed by atoms with Gasteiger partial charge in [-0.15, -0.1) is 0 Å². The van der Waals surface area contributed by atoms with Crippen molar-refractivity contribution >= 4 is 0 Å². The van der Waals surface area contributed by atoms with Crippen LogP contribution in [0.15, 0.2) is 59.0 Å². The van der Waals surface area contributed by atoms with E-state index in [1.165, 1.54) is 0 Å². The molecule has 19 heavy (non-hydrogen) atoms. The number of phenolic OH excluding ortho intramolecular Hbond substituents is 1. The lowest BCUT2D eigenvalue weighted by Crippen LogP contribution is -1.78. The van der Waals surface area contributed by atoms with E-state index in [1.54, 1.807) is 18.2 Å². The molecule has 0 aliphatic carbocycles. The van der Waals surface area contributed by atoms with Gasteiger partial charge in [0.1, 0.15) is 5.75 Å². The summed E-state index contributed by atoms with van der Waals surface area (Å²) < 4.78 is 5.80. The van der Waals surface area contributed by atoms with E-state index in [9.17, 15) is 5.11 Å². The summed E-state index contributed by atoms with van der Waals surface area (Å²) in [6, 6.07) is 16.8. The molecular weight excluding hydrogens is 238 g/mol. The van der Waals surface area contributed by atoms with Crippen molar-refractivity contribution in [3.63, 3.8) is 0 Å². The van der Waals surface area contributed by atoms with E-state index in [4.69, 9.17) is 4.42 Å². The highest BCUT2D eigenvalue weighted by Gasteiger charge is 2.14. The summed E-state index contributed by atoms with van der Waals surface area (Å²) >= 11 is 0. The van der Waals surface area contributed by atoms with Crippen LogP contribution in [0, 0.1) is 6.92 Å². The van der Waals surface area contributed by atoms with E-state index in [0.717, 1.165) is 17.0 Å². The van der Waals surface area contributed by atoms with Gasteiger partial charge in [-0.3, -0.25) is 0 Å². The van der Waals surface area contributed by atoms with E-state index in [0.29, 0.717) is 11.5 Å². The third-order valence-electron chi connectivity index (χ3n) is 2.97. The van der Waals surface area contributed by atoms with Crippen molar-refractivity contribution in [1.82, 2.24) is 4.98 Å². The van der Waals surface area contributed by atoms with Crippen LogP contribution in [0.4, 0.5) is 0 Å². The summed E-state index contributed by atoms with van der Waals surface area (Å²) in [6.07, 6.45) is 0. The summed E-state index contributed by atoms with van der Waals surface area (Å²) in [5.41, 5.74) is 2.39. The molecule has 2 aromatic carbocycles. The molecule has 0 saturated heterocycles. The molecule has 3 nitrogen and oxygen atoms in total. The molecule has 3 rings (SSSR count). The molecule has 3 aromatic rings. The minimum Gasteiger partial charge on any atom is -0.507 e. The fourth-order valence-corrected chi connectivity index (χ4v) is 2.02. The highest BCUT2D eigenvalue weighted by atomic mass is 16.4. The number of benzene rings is 2. The van der Waals surface area contributed by atoms with Gasteiger partial charge in [-0.1, -0.05) is 42.5 Å². The molecule has 0 aliphatic rings. The number of aryl methyl sites for hydroxylation is 1. The molecule has 0 saturated carbocycles. The van der Waals surface area contributed by atoms with Gasteiger partial charge >= 0.3 is 0 Å². The predicted octanol–water partition coefficient (Wildman–Crippen LogP) is 4.02. The molecule has 1 heterocycles. The summed E-state index contributed by atoms with van der Waals surface area (Å²) in [6.45, 7) is 1.90. The summed E-state index contributed by atoms with van der Waals surface area (Å²) in [5, 5.41) is 9.83. The lowest BCUT2D eigenvalue weighted by atomic mass is 10.1. The van der Waals surface area contributed by atoms with Crippen LogP contribution in [-0.2, 0) is 0 Å². The van der Waals surface area contributed by atoms with Gasteiger partial charge in [-0.05, 0) is 19.1 Å². The standard InChI is InChI=1S/C16H13NO2/c1-11-15(12-7-3-2-4-8-12)19-16(17-11)13-9-5-6-10-14(13)18/h2-10,18H,1H3. The molecule has 1 N–H and O–H groups in total. The minimum absolute atomic E-state index is 0.170. The Kier molecular flexibility index (Phi) is 2.80. The van der Waals surface area contributed by atoms with Crippen molar-refractivity contribution in [1.29, 1.82) is 0 Å². The largest absolute Gasteiger partial charge is 0.507 e. The van der Waals surface area contributed by atoms with Crippen LogP contribution in [-0.4, -0.2) is 10.1 Å². The van der Waals surface area contributed by atoms with Crippen LogP contribution in [0.5, 0.6) is 5.75 Å². The zero-order valence-electron chi connectivity index (χ0n) is 10.5. The van der Waals surface area contributed by atoms with Crippen LogP contribution in [0.3, 0.4) is 0 Å². The Bertz CT molecular complexity index is 702. The molecule has 0 atom stereocenters. The molecule has 0 spiro atoms. The number of hydrogen-bond donors (Lipinski definition) is 1. The summed E-state index contributed by atoms with van der Waals surface area (Å²) in [5.74, 6) is 1.34. The first-order valence-electron chi connectivity index (χ1n) is 6.07. The minimum atomic E-state index is 0.170. The summed E-state index contributed by atoms with van der Waals surface area (Å²) in [4.78, 5) is 4.39. The van der Waals surface area contributed by atoms with E-state index < -0.39 is 0 Å². The Labute approximate surface area is 111 Å². The molecule has 1 aromatic heterocycles. The van der Waals surface area contributed by atoms with Gasteiger partial charge in [-0.25, -0.2) is 4.98 Å². The second-order valence-electron chi connectivity index (χ2n) is 4.32. The van der Waals surface area contributed by atoms with Gasteiger partial charge in [0, 0.05) is 5.56 Å². The van der Waals surface area contributed by atoms with Gasteiger partial charge in [0.2, 0.25) is 5.89 Å². The molecule has 0 unspecified atom stereocenters. The molecule has 0 aliphatic heterocycles. The first-order chi connectivity index (χ1) is 9.25. The fraction of sp³-hybridized carbons (Fsp3) is 0.0625. The van der Waals surface area contributed by atoms with Crippen LogP contribution in [0.1, 0.15) is 5.69 Å². The topological polar surface area (TPSA) is 46.3 Å². The molecule has 0 fully saturated rings. The zero-order chi connectivity index (χ0) is 13.2. The van der Waals surface area contributed by atoms with Crippen LogP contribution in [0.25, 0.3) is 22.8 Å². The normalized spacial score (nSPS) is 10.6. The maximum absolute atomic E-state index is 9.83. The quantitative estimate of drug-likeness (QED) is 0.748. The number of aromatic hydroxyl groups is 1. The number of para-hydroxylation sites is 1. The van der Waals surface area contributed by atoms with Crippen molar-refractivity contribution in [2.24, 2.45) is 0 Å². The predicted molar refractivity (Wildman–Crippen MR) is 73.8 cm³/mol. The Morgan fingerprint density at radius 3 is 2.37 bits per heavy atom. The van der Waals surface area contributed by atoms with E-state index in [1.807, 2.05) is 43.3 Å². The molecular formula is C16H13NO2. The highest BCUT2D eigenvalue weighted by molar-refractivity contribution is 5.67. The van der Waals surface area contributed by atoms with Crippen molar-refractivity contribution in [2.75, 3.05) is 0 Å². The molecule has 0 radical (unpaired) electrons. The van der Waals surface area contributed by atoms with Crippen molar-refractivity contribution < 1.29 is 9.52 Å². The first-order valence-corrected chi connectivity index (χ1v) is 6.07. The van der Waals surface area contributed by atoms with Gasteiger partial charge in [-0.2, -0.15) is 0 Å². The van der Waals surface area contributed by atoms with Gasteiger partial charge in [0.15, 0.2) is 5.76 Å². The van der Waals surface area contributed by atoms with Crippen molar-refractivity contribution in [3.05, 3.63) is 60.3 Å². The van der Waals surface area contributed by atoms with Crippen LogP contribution in [0.2, 0.25) is 0 Å². The first kappa shape index (κ1) is 11.5. The lowest BCUT2D eigenvalue weighted by Gasteiger charge is -1.99. The number of oxazole rings is 1. The number of nitrogens with zero attached hydrogens (tertiary/aromatic N) is 1. The average Bonchev–Trinajstić information content (AvgIpc) is 2.82. The van der Waals surface area contributed by atoms with Gasteiger partial charge in [0.05, 0.1) is 11.3 Å². The Morgan fingerprint density at radius 1 is 0.947 bits per heavy atom. The SMILES string of the molecule is Cc1nc(-c2ccccc2O)oc1-c1ccccc1. The third kappa shape index (κ3) is 2.10. The smallest absolute Gasteiger partial charge is 0.230 e. The van der Waals surface area contributed by atoms with E-state index >= 15 is 0 Å². The summed E-state index contributed by atoms with van der Waals surface area (Å²) in [7, 11) is 0. The molecule has 3 heteroatoms. The fourth-order valence-electron chi connectivity index (χ4n) is 2.02. The van der Waals surface area contributed by atoms with Gasteiger partial charge in [0.25, 0.3) is 0 Å². The maximum atomic E-state index is 9.83. The second-order valence-corrected chi connectivity index (χ2v) is 4.32. The number of rotatable bonds is 2. The monoisotopic (exact) mass is 251 g/mol. The Morgan fingerprint density at radius 2 is 1.63 bits per heavy atom. The van der Waals surface area contributed by atoms with Crippen molar-refractivity contribution in [3.8, 4) is 28.5 Å². The molecule has 94 valence electrons. The number of aromatic nitrogens is 1. The number of hydrogen-bond acceptors (Lipinski definition) is 3. The Balaban J connectivity index is 2.10. The maximum Gasteiger partial charge on any atom is 0.230 e. The number of phenols is 1. The molecule has 0 bridgehead atoms. The third-order valence-corrected chi connectivity index (χ3v) is 2.97. The highest BCUT2D eigenvalue weighted by Crippen LogP contribution is 2.33.